The molecule has 0 radical (unpaired) electrons. The second kappa shape index (κ2) is 4.70. The molecule has 1 aromatic carbocycles. The molecule has 0 aliphatic heterocycles. The smallest absolute Gasteiger partial charge is 0.0357 e. The van der Waals surface area contributed by atoms with Gasteiger partial charge in [0.2, 0.25) is 0 Å². The Bertz CT molecular complexity index is 282. The molecule has 0 aromatic heterocycles. The Kier molecular flexibility index (Phi) is 3.56. The minimum Gasteiger partial charge on any atom is -0.381 e. The number of benzene rings is 1. The van der Waals surface area contributed by atoms with Gasteiger partial charge < -0.3 is 5.32 Å². The lowest BCUT2D eigenvalue weighted by atomic mass is 10.2. The molecule has 0 unspecified atom stereocenters. The van der Waals surface area contributed by atoms with Crippen molar-refractivity contribution in [1.29, 1.82) is 0 Å². The van der Waals surface area contributed by atoms with Crippen LogP contribution in [0.4, 0.5) is 5.69 Å². The lowest BCUT2D eigenvalue weighted by Gasteiger charge is -2.06. The van der Waals surface area contributed by atoms with Crippen LogP contribution in [0.3, 0.4) is 0 Å². The van der Waals surface area contributed by atoms with Crippen molar-refractivity contribution in [2.45, 2.75) is 20.8 Å². The average molecular weight is 175 g/mol. The first-order valence-corrected chi connectivity index (χ1v) is 4.64. The Morgan fingerprint density at radius 2 is 1.92 bits per heavy atom. The van der Waals surface area contributed by atoms with Gasteiger partial charge in [-0.25, -0.2) is 0 Å². The van der Waals surface area contributed by atoms with E-state index in [2.05, 4.69) is 56.4 Å². The molecule has 1 N–H and O–H groups in total. The molecule has 0 fully saturated rings. The van der Waals surface area contributed by atoms with Crippen LogP contribution in [0.2, 0.25) is 0 Å². The minimum atomic E-state index is 0.930. The summed E-state index contributed by atoms with van der Waals surface area (Å²) in [6.45, 7) is 7.22. The monoisotopic (exact) mass is 175 g/mol. The van der Waals surface area contributed by atoms with Crippen molar-refractivity contribution in [3.05, 3.63) is 41.5 Å². The third-order valence-corrected chi connectivity index (χ3v) is 2.12. The highest BCUT2D eigenvalue weighted by molar-refractivity contribution is 5.45. The number of hydrogen-bond donors (Lipinski definition) is 1. The van der Waals surface area contributed by atoms with Gasteiger partial charge in [-0.2, -0.15) is 0 Å². The van der Waals surface area contributed by atoms with Crippen LogP contribution < -0.4 is 5.32 Å². The zero-order valence-corrected chi connectivity index (χ0v) is 8.59. The van der Waals surface area contributed by atoms with Crippen LogP contribution in [0.15, 0.2) is 35.9 Å². The van der Waals surface area contributed by atoms with E-state index >= 15 is 0 Å². The Labute approximate surface area is 80.5 Å². The Balaban J connectivity index is 2.51. The molecule has 1 nitrogen and oxygen atoms in total. The number of allylic oxidation sites excluding steroid dienone is 1. The number of nitrogens with one attached hydrogen (secondary N) is 1. The largest absolute Gasteiger partial charge is 0.381 e. The van der Waals surface area contributed by atoms with Gasteiger partial charge in [0.1, 0.15) is 0 Å². The molecule has 0 bridgehead atoms. The van der Waals surface area contributed by atoms with Gasteiger partial charge in [-0.1, -0.05) is 29.3 Å². The molecule has 13 heavy (non-hydrogen) atoms. The predicted molar refractivity (Wildman–Crippen MR) is 59.1 cm³/mol. The predicted octanol–water partition coefficient (Wildman–Crippen LogP) is 3.37. The highest BCUT2D eigenvalue weighted by Gasteiger charge is 1.90. The molecule has 1 heteroatoms. The van der Waals surface area contributed by atoms with Crippen LogP contribution in [0, 0.1) is 6.92 Å². The third kappa shape index (κ3) is 3.32. The average Bonchev–Trinajstić information content (AvgIpc) is 2.16. The molecular formula is C12H17N. The van der Waals surface area contributed by atoms with Crippen molar-refractivity contribution in [3.63, 3.8) is 0 Å². The highest BCUT2D eigenvalue weighted by atomic mass is 14.9. The first-order valence-electron chi connectivity index (χ1n) is 4.64. The van der Waals surface area contributed by atoms with Crippen molar-refractivity contribution < 1.29 is 0 Å². The zero-order chi connectivity index (χ0) is 9.68. The minimum absolute atomic E-state index is 0.930. The van der Waals surface area contributed by atoms with Crippen molar-refractivity contribution >= 4 is 5.69 Å². The summed E-state index contributed by atoms with van der Waals surface area (Å²) in [5, 5.41) is 3.35. The van der Waals surface area contributed by atoms with Gasteiger partial charge in [0.25, 0.3) is 0 Å². The Morgan fingerprint density at radius 1 is 1.31 bits per heavy atom. The van der Waals surface area contributed by atoms with E-state index in [1.165, 1.54) is 16.8 Å². The standard InChI is InChI=1S/C12H17N/c1-4-10(2)9-13-12-7-5-11(3)6-8-12/h4-8,13H,9H2,1-3H3/b10-4+. The molecule has 0 spiro atoms. The maximum Gasteiger partial charge on any atom is 0.0357 e. The van der Waals surface area contributed by atoms with Crippen LogP contribution in [0.1, 0.15) is 19.4 Å². The fourth-order valence-corrected chi connectivity index (χ4v) is 1.01. The van der Waals surface area contributed by atoms with Gasteiger partial charge in [0, 0.05) is 12.2 Å². The Hall–Kier alpha value is -1.24. The number of anilines is 1. The van der Waals surface area contributed by atoms with E-state index in [0.29, 0.717) is 0 Å². The van der Waals surface area contributed by atoms with Gasteiger partial charge in [-0.05, 0) is 32.9 Å². The van der Waals surface area contributed by atoms with Crippen LogP contribution in [0.5, 0.6) is 0 Å². The van der Waals surface area contributed by atoms with Crippen molar-refractivity contribution in [2.24, 2.45) is 0 Å². The summed E-state index contributed by atoms with van der Waals surface area (Å²) < 4.78 is 0. The van der Waals surface area contributed by atoms with Gasteiger partial charge in [-0.3, -0.25) is 0 Å². The van der Waals surface area contributed by atoms with E-state index in [0.717, 1.165) is 6.54 Å². The quantitative estimate of drug-likeness (QED) is 0.694. The van der Waals surface area contributed by atoms with Crippen LogP contribution in [-0.2, 0) is 0 Å². The molecule has 0 saturated carbocycles. The van der Waals surface area contributed by atoms with Crippen molar-refractivity contribution in [2.75, 3.05) is 11.9 Å². The van der Waals surface area contributed by atoms with Crippen LogP contribution in [-0.4, -0.2) is 6.54 Å². The van der Waals surface area contributed by atoms with Crippen molar-refractivity contribution in [1.82, 2.24) is 0 Å². The molecule has 0 atom stereocenters. The summed E-state index contributed by atoms with van der Waals surface area (Å²) in [5.41, 5.74) is 3.85. The fourth-order valence-electron chi connectivity index (χ4n) is 1.01. The summed E-state index contributed by atoms with van der Waals surface area (Å²) in [6, 6.07) is 8.46. The van der Waals surface area contributed by atoms with Crippen LogP contribution >= 0.6 is 0 Å². The second-order valence-electron chi connectivity index (χ2n) is 3.35. The molecule has 70 valence electrons. The first-order chi connectivity index (χ1) is 6.22. The maximum absolute atomic E-state index is 3.35. The molecule has 0 aliphatic carbocycles. The second-order valence-corrected chi connectivity index (χ2v) is 3.35. The molecule has 0 aliphatic rings. The summed E-state index contributed by atoms with van der Waals surface area (Å²) >= 11 is 0. The lowest BCUT2D eigenvalue weighted by molar-refractivity contribution is 1.19. The summed E-state index contributed by atoms with van der Waals surface area (Å²) in [7, 11) is 0. The third-order valence-electron chi connectivity index (χ3n) is 2.12. The summed E-state index contributed by atoms with van der Waals surface area (Å²) in [5.74, 6) is 0. The fraction of sp³-hybridized carbons (Fsp3) is 0.333. The number of aryl methyl sites for hydroxylation is 1. The van der Waals surface area contributed by atoms with Gasteiger partial charge in [-0.15, -0.1) is 0 Å². The molecule has 1 aromatic rings. The van der Waals surface area contributed by atoms with Gasteiger partial charge >= 0.3 is 0 Å². The SMILES string of the molecule is C/C=C(\C)CNc1ccc(C)cc1. The summed E-state index contributed by atoms with van der Waals surface area (Å²) in [4.78, 5) is 0. The zero-order valence-electron chi connectivity index (χ0n) is 8.59. The molecular weight excluding hydrogens is 158 g/mol. The van der Waals surface area contributed by atoms with E-state index in [9.17, 15) is 0 Å². The lowest BCUT2D eigenvalue weighted by Crippen LogP contribution is -2.01. The molecule has 0 saturated heterocycles. The highest BCUT2D eigenvalue weighted by Crippen LogP contribution is 2.08. The van der Waals surface area contributed by atoms with E-state index < -0.39 is 0 Å². The molecule has 0 heterocycles. The van der Waals surface area contributed by atoms with Crippen LogP contribution in [0.25, 0.3) is 0 Å². The summed E-state index contributed by atoms with van der Waals surface area (Å²) in [6.07, 6.45) is 2.13. The van der Waals surface area contributed by atoms with Gasteiger partial charge in [0.05, 0.1) is 0 Å². The number of rotatable bonds is 3. The van der Waals surface area contributed by atoms with Crippen molar-refractivity contribution in [3.8, 4) is 0 Å². The van der Waals surface area contributed by atoms with Gasteiger partial charge in [0.15, 0.2) is 0 Å². The maximum atomic E-state index is 3.35. The normalized spacial score (nSPS) is 11.5. The molecule has 0 amide bonds. The van der Waals surface area contributed by atoms with E-state index in [4.69, 9.17) is 0 Å². The van der Waals surface area contributed by atoms with E-state index in [1.807, 2.05) is 0 Å². The molecule has 1 rings (SSSR count). The number of hydrogen-bond acceptors (Lipinski definition) is 1. The topological polar surface area (TPSA) is 12.0 Å². The van der Waals surface area contributed by atoms with E-state index in [1.54, 1.807) is 0 Å². The van der Waals surface area contributed by atoms with E-state index in [-0.39, 0.29) is 0 Å². The first kappa shape index (κ1) is 9.85. The Morgan fingerprint density at radius 3 is 2.46 bits per heavy atom.